The third-order valence-corrected chi connectivity index (χ3v) is 3.42. The first-order chi connectivity index (χ1) is 9.22. The van der Waals surface area contributed by atoms with Crippen LogP contribution >= 0.6 is 0 Å². The molecule has 3 rings (SSSR count). The normalized spacial score (nSPS) is 16.8. The van der Waals surface area contributed by atoms with Crippen molar-refractivity contribution in [2.45, 2.75) is 5.92 Å². The maximum absolute atomic E-state index is 12.2. The Morgan fingerprint density at radius 3 is 2.63 bits per heavy atom. The number of rotatable bonds is 2. The number of hydrogen-bond acceptors (Lipinski definition) is 2. The predicted molar refractivity (Wildman–Crippen MR) is 75.1 cm³/mol. The Hall–Kier alpha value is -2.55. The number of amides is 1. The number of aromatic hydroxyl groups is 1. The largest absolute Gasteiger partial charge is 0.506 e. The molecule has 94 valence electrons. The van der Waals surface area contributed by atoms with E-state index in [1.54, 1.807) is 18.2 Å². The molecule has 2 aromatic carbocycles. The van der Waals surface area contributed by atoms with Crippen LogP contribution in [-0.4, -0.2) is 11.0 Å². The van der Waals surface area contributed by atoms with Crippen molar-refractivity contribution in [3.8, 4) is 5.75 Å². The van der Waals surface area contributed by atoms with Gasteiger partial charge in [-0.3, -0.25) is 4.79 Å². The van der Waals surface area contributed by atoms with Gasteiger partial charge in [-0.1, -0.05) is 49.1 Å². The van der Waals surface area contributed by atoms with E-state index in [4.69, 9.17) is 0 Å². The molecule has 1 aliphatic rings. The minimum Gasteiger partial charge on any atom is -0.506 e. The molecule has 1 amide bonds. The van der Waals surface area contributed by atoms with Crippen molar-refractivity contribution in [1.82, 2.24) is 0 Å². The summed E-state index contributed by atoms with van der Waals surface area (Å²) in [5.41, 5.74) is 3.15. The van der Waals surface area contributed by atoms with Gasteiger partial charge < -0.3 is 10.4 Å². The average molecular weight is 251 g/mol. The molecule has 0 saturated heterocycles. The minimum absolute atomic E-state index is 0.101. The van der Waals surface area contributed by atoms with E-state index in [-0.39, 0.29) is 11.7 Å². The number of para-hydroxylation sites is 1. The second-order valence-corrected chi connectivity index (χ2v) is 4.50. The Balaban J connectivity index is 2.20. The van der Waals surface area contributed by atoms with E-state index in [2.05, 4.69) is 11.9 Å². The molecule has 0 bridgehead atoms. The molecular formula is C16H13NO2. The number of phenolic OH excluding ortho intramolecular Hbond substituents is 1. The molecule has 1 atom stereocenters. The smallest absolute Gasteiger partial charge is 0.236 e. The van der Waals surface area contributed by atoms with E-state index in [9.17, 15) is 9.90 Å². The fourth-order valence-corrected chi connectivity index (χ4v) is 2.54. The number of carbonyl (C=O) groups excluding carboxylic acids is 1. The highest BCUT2D eigenvalue weighted by molar-refractivity contribution is 6.06. The highest BCUT2D eigenvalue weighted by Crippen LogP contribution is 2.42. The third kappa shape index (κ3) is 1.71. The van der Waals surface area contributed by atoms with Crippen molar-refractivity contribution < 1.29 is 9.90 Å². The standard InChI is InChI=1S/C16H13NO2/c1-2-10-6-3-4-7-11(10)14-12-8-5-9-13(18)15(12)17-16(14)19/h2-9,14,18H,1H2,(H,17,19). The second-order valence-electron chi connectivity index (χ2n) is 4.50. The van der Waals surface area contributed by atoms with Crippen LogP contribution in [0.1, 0.15) is 22.6 Å². The van der Waals surface area contributed by atoms with E-state index in [0.717, 1.165) is 16.7 Å². The zero-order valence-corrected chi connectivity index (χ0v) is 10.3. The van der Waals surface area contributed by atoms with Crippen LogP contribution in [0, 0.1) is 0 Å². The summed E-state index contributed by atoms with van der Waals surface area (Å²) in [7, 11) is 0. The van der Waals surface area contributed by atoms with Crippen molar-refractivity contribution in [1.29, 1.82) is 0 Å². The first kappa shape index (κ1) is 11.5. The Labute approximate surface area is 111 Å². The van der Waals surface area contributed by atoms with Crippen LogP contribution in [0.2, 0.25) is 0 Å². The second kappa shape index (κ2) is 4.28. The van der Waals surface area contributed by atoms with Gasteiger partial charge in [-0.15, -0.1) is 0 Å². The van der Waals surface area contributed by atoms with Crippen LogP contribution in [0.3, 0.4) is 0 Å². The van der Waals surface area contributed by atoms with E-state index in [1.807, 2.05) is 30.3 Å². The molecule has 0 fully saturated rings. The summed E-state index contributed by atoms with van der Waals surface area (Å²) in [6.07, 6.45) is 1.74. The summed E-state index contributed by atoms with van der Waals surface area (Å²) in [5, 5.41) is 12.5. The number of nitrogens with one attached hydrogen (secondary N) is 1. The molecule has 2 aromatic rings. The van der Waals surface area contributed by atoms with Gasteiger partial charge in [0.1, 0.15) is 5.75 Å². The van der Waals surface area contributed by atoms with Crippen molar-refractivity contribution in [3.63, 3.8) is 0 Å². The number of fused-ring (bicyclic) bond motifs is 1. The Morgan fingerprint density at radius 2 is 1.84 bits per heavy atom. The number of carbonyl (C=O) groups is 1. The molecule has 1 heterocycles. The minimum atomic E-state index is -0.392. The van der Waals surface area contributed by atoms with E-state index < -0.39 is 5.92 Å². The molecule has 2 N–H and O–H groups in total. The van der Waals surface area contributed by atoms with Gasteiger partial charge >= 0.3 is 0 Å². The Morgan fingerprint density at radius 1 is 1.11 bits per heavy atom. The lowest BCUT2D eigenvalue weighted by molar-refractivity contribution is -0.116. The van der Waals surface area contributed by atoms with Gasteiger partial charge in [-0.25, -0.2) is 0 Å². The van der Waals surface area contributed by atoms with Gasteiger partial charge in [0.25, 0.3) is 0 Å². The quantitative estimate of drug-likeness (QED) is 0.806. The zero-order valence-electron chi connectivity index (χ0n) is 10.3. The predicted octanol–water partition coefficient (Wildman–Crippen LogP) is 3.12. The average Bonchev–Trinajstić information content (AvgIpc) is 2.76. The van der Waals surface area contributed by atoms with Gasteiger partial charge in [-0.2, -0.15) is 0 Å². The van der Waals surface area contributed by atoms with Crippen LogP contribution < -0.4 is 5.32 Å². The topological polar surface area (TPSA) is 49.3 Å². The molecule has 3 nitrogen and oxygen atoms in total. The fraction of sp³-hybridized carbons (Fsp3) is 0.0625. The number of hydrogen-bond donors (Lipinski definition) is 2. The molecule has 1 aliphatic heterocycles. The molecule has 0 spiro atoms. The van der Waals surface area contributed by atoms with Crippen molar-refractivity contribution >= 4 is 17.7 Å². The first-order valence-corrected chi connectivity index (χ1v) is 6.06. The summed E-state index contributed by atoms with van der Waals surface area (Å²) in [5.74, 6) is -0.411. The summed E-state index contributed by atoms with van der Waals surface area (Å²) in [4.78, 5) is 12.2. The van der Waals surface area contributed by atoms with Crippen LogP contribution in [0.4, 0.5) is 5.69 Å². The fourth-order valence-electron chi connectivity index (χ4n) is 2.54. The molecule has 0 aromatic heterocycles. The molecule has 0 saturated carbocycles. The maximum atomic E-state index is 12.2. The van der Waals surface area contributed by atoms with Gasteiger partial charge in [0.15, 0.2) is 0 Å². The summed E-state index contributed by atoms with van der Waals surface area (Å²) >= 11 is 0. The monoisotopic (exact) mass is 251 g/mol. The maximum Gasteiger partial charge on any atom is 0.236 e. The first-order valence-electron chi connectivity index (χ1n) is 6.06. The number of phenols is 1. The van der Waals surface area contributed by atoms with Crippen molar-refractivity contribution in [2.75, 3.05) is 5.32 Å². The Bertz CT molecular complexity index is 676. The Kier molecular flexibility index (Phi) is 2.60. The van der Waals surface area contributed by atoms with Gasteiger partial charge in [0.05, 0.1) is 11.6 Å². The highest BCUT2D eigenvalue weighted by atomic mass is 16.3. The molecule has 3 heteroatoms. The highest BCUT2D eigenvalue weighted by Gasteiger charge is 2.34. The van der Waals surface area contributed by atoms with Crippen LogP contribution in [0.15, 0.2) is 49.0 Å². The van der Waals surface area contributed by atoms with Gasteiger partial charge in [0.2, 0.25) is 5.91 Å². The lowest BCUT2D eigenvalue weighted by Crippen LogP contribution is -2.14. The van der Waals surface area contributed by atoms with E-state index in [0.29, 0.717) is 5.69 Å². The summed E-state index contributed by atoms with van der Waals surface area (Å²) in [6, 6.07) is 12.8. The summed E-state index contributed by atoms with van der Waals surface area (Å²) in [6.45, 7) is 3.78. The molecule has 0 radical (unpaired) electrons. The van der Waals surface area contributed by atoms with E-state index in [1.165, 1.54) is 0 Å². The lowest BCUT2D eigenvalue weighted by Gasteiger charge is -2.12. The van der Waals surface area contributed by atoms with Crippen LogP contribution in [-0.2, 0) is 4.79 Å². The van der Waals surface area contributed by atoms with Crippen molar-refractivity contribution in [3.05, 3.63) is 65.7 Å². The molecule has 1 unspecified atom stereocenters. The third-order valence-electron chi connectivity index (χ3n) is 3.42. The SMILES string of the molecule is C=Cc1ccccc1C1C(=O)Nc2c(O)cccc21. The van der Waals surface area contributed by atoms with Gasteiger partial charge in [0, 0.05) is 0 Å². The molecule has 19 heavy (non-hydrogen) atoms. The number of benzene rings is 2. The van der Waals surface area contributed by atoms with Crippen LogP contribution in [0.5, 0.6) is 5.75 Å². The summed E-state index contributed by atoms with van der Waals surface area (Å²) < 4.78 is 0. The number of anilines is 1. The molecule has 0 aliphatic carbocycles. The van der Waals surface area contributed by atoms with Crippen LogP contribution in [0.25, 0.3) is 6.08 Å². The lowest BCUT2D eigenvalue weighted by atomic mass is 9.89. The van der Waals surface area contributed by atoms with E-state index >= 15 is 0 Å². The molecular weight excluding hydrogens is 238 g/mol. The van der Waals surface area contributed by atoms with Crippen molar-refractivity contribution in [2.24, 2.45) is 0 Å². The zero-order chi connectivity index (χ0) is 13.4. The van der Waals surface area contributed by atoms with Gasteiger partial charge in [-0.05, 0) is 22.8 Å².